The third kappa shape index (κ3) is 2.91. The number of carbonyl (C=O) groups is 1. The van der Waals surface area contributed by atoms with E-state index in [1.165, 1.54) is 12.0 Å². The maximum atomic E-state index is 12.5. The van der Waals surface area contributed by atoms with Gasteiger partial charge in [0, 0.05) is 10.5 Å². The summed E-state index contributed by atoms with van der Waals surface area (Å²) in [5, 5.41) is 0.684. The molecular formula is C16H13Cl2NO2S. The zero-order valence-corrected chi connectivity index (χ0v) is 14.1. The van der Waals surface area contributed by atoms with Crippen molar-refractivity contribution in [2.24, 2.45) is 0 Å². The molecule has 0 aliphatic carbocycles. The molecular weight excluding hydrogens is 341 g/mol. The molecule has 0 amide bonds. The van der Waals surface area contributed by atoms with Gasteiger partial charge in [0.05, 0.1) is 35.3 Å². The maximum Gasteiger partial charge on any atom is 0.182 e. The lowest BCUT2D eigenvalue weighted by Gasteiger charge is -2.17. The number of carbonyl (C=O) groups excluding carboxylic acids is 1. The van der Waals surface area contributed by atoms with Gasteiger partial charge in [-0.3, -0.25) is 4.79 Å². The van der Waals surface area contributed by atoms with Gasteiger partial charge in [-0.1, -0.05) is 35.3 Å². The quantitative estimate of drug-likeness (QED) is 0.741. The van der Waals surface area contributed by atoms with Crippen LogP contribution < -0.4 is 9.64 Å². The van der Waals surface area contributed by atoms with Crippen LogP contribution in [0.3, 0.4) is 0 Å². The predicted octanol–water partition coefficient (Wildman–Crippen LogP) is 4.75. The third-order valence-corrected chi connectivity index (χ3v) is 5.10. The minimum Gasteiger partial charge on any atom is -0.494 e. The highest BCUT2D eigenvalue weighted by molar-refractivity contribution is 7.99. The Hall–Kier alpha value is -1.36. The number of nitrogens with zero attached hydrogens (tertiary/aromatic N) is 1. The van der Waals surface area contributed by atoms with E-state index >= 15 is 0 Å². The van der Waals surface area contributed by atoms with Crippen LogP contribution in [0.5, 0.6) is 5.75 Å². The second-order valence-electron chi connectivity index (χ2n) is 4.84. The first-order chi connectivity index (χ1) is 10.6. The van der Waals surface area contributed by atoms with Crippen molar-refractivity contribution in [1.29, 1.82) is 0 Å². The number of para-hydroxylation sites is 1. The van der Waals surface area contributed by atoms with Gasteiger partial charge in [0.15, 0.2) is 11.5 Å². The summed E-state index contributed by atoms with van der Waals surface area (Å²) >= 11 is 13.9. The minimum atomic E-state index is -0.0243. The number of rotatable bonds is 4. The molecule has 0 spiro atoms. The Morgan fingerprint density at radius 1 is 1.27 bits per heavy atom. The highest BCUT2D eigenvalue weighted by Gasteiger charge is 2.22. The summed E-state index contributed by atoms with van der Waals surface area (Å²) in [6.45, 7) is 0.295. The number of ether oxygens (including phenoxy) is 1. The van der Waals surface area contributed by atoms with E-state index in [-0.39, 0.29) is 5.78 Å². The Morgan fingerprint density at radius 3 is 2.64 bits per heavy atom. The second kappa shape index (κ2) is 6.41. The fraction of sp³-hybridized carbons (Fsp3) is 0.188. The Kier molecular flexibility index (Phi) is 4.52. The summed E-state index contributed by atoms with van der Waals surface area (Å²) in [4.78, 5) is 15.8. The van der Waals surface area contributed by atoms with E-state index in [4.69, 9.17) is 27.9 Å². The SMILES string of the molecule is COc1c(Cl)cc(C(=O)CN2CSc3ccccc32)cc1Cl. The van der Waals surface area contributed by atoms with Crippen molar-refractivity contribution < 1.29 is 9.53 Å². The number of anilines is 1. The molecule has 0 N–H and O–H groups in total. The predicted molar refractivity (Wildman–Crippen MR) is 91.9 cm³/mol. The maximum absolute atomic E-state index is 12.5. The van der Waals surface area contributed by atoms with Crippen molar-refractivity contribution in [3.05, 3.63) is 52.0 Å². The monoisotopic (exact) mass is 353 g/mol. The van der Waals surface area contributed by atoms with Crippen molar-refractivity contribution in [2.45, 2.75) is 4.90 Å². The lowest BCUT2D eigenvalue weighted by molar-refractivity contribution is 0.1000. The molecule has 3 nitrogen and oxygen atoms in total. The minimum absolute atomic E-state index is 0.0243. The molecule has 6 heteroatoms. The zero-order valence-electron chi connectivity index (χ0n) is 11.8. The Labute approximate surface area is 143 Å². The molecule has 0 bridgehead atoms. The molecule has 114 valence electrons. The molecule has 1 aliphatic rings. The highest BCUT2D eigenvalue weighted by atomic mass is 35.5. The molecule has 1 aliphatic heterocycles. The van der Waals surface area contributed by atoms with E-state index < -0.39 is 0 Å². The highest BCUT2D eigenvalue weighted by Crippen LogP contribution is 2.38. The Morgan fingerprint density at radius 2 is 1.95 bits per heavy atom. The van der Waals surface area contributed by atoms with E-state index in [1.54, 1.807) is 23.9 Å². The number of thioether (sulfide) groups is 1. The molecule has 1 heterocycles. The molecule has 22 heavy (non-hydrogen) atoms. The number of hydrogen-bond donors (Lipinski definition) is 0. The van der Waals surface area contributed by atoms with Gasteiger partial charge in [-0.2, -0.15) is 0 Å². The molecule has 0 unspecified atom stereocenters. The standard InChI is InChI=1S/C16H13Cl2NO2S/c1-21-16-11(17)6-10(7-12(16)18)14(20)8-19-9-22-15-5-3-2-4-13(15)19/h2-7H,8-9H2,1H3. The van der Waals surface area contributed by atoms with Crippen LogP contribution >= 0.6 is 35.0 Å². The van der Waals surface area contributed by atoms with E-state index in [2.05, 4.69) is 6.07 Å². The first-order valence-electron chi connectivity index (χ1n) is 6.63. The fourth-order valence-corrected chi connectivity index (χ4v) is 4.06. The lowest BCUT2D eigenvalue weighted by atomic mass is 10.1. The van der Waals surface area contributed by atoms with Gasteiger partial charge < -0.3 is 9.64 Å². The molecule has 0 atom stereocenters. The van der Waals surface area contributed by atoms with Crippen LogP contribution in [0.2, 0.25) is 10.0 Å². The average Bonchev–Trinajstić information content (AvgIpc) is 2.90. The van der Waals surface area contributed by atoms with E-state index in [0.717, 1.165) is 11.6 Å². The zero-order chi connectivity index (χ0) is 15.7. The van der Waals surface area contributed by atoms with Crippen LogP contribution in [0.15, 0.2) is 41.3 Å². The number of Topliss-reactive ketones (excluding diaryl/α,β-unsaturated/α-hetero) is 1. The van der Waals surface area contributed by atoms with Gasteiger partial charge in [0.2, 0.25) is 0 Å². The summed E-state index contributed by atoms with van der Waals surface area (Å²) in [6.07, 6.45) is 0. The summed E-state index contributed by atoms with van der Waals surface area (Å²) in [7, 11) is 1.49. The molecule has 0 saturated carbocycles. The molecule has 3 rings (SSSR count). The van der Waals surface area contributed by atoms with Crippen molar-refractivity contribution in [3.63, 3.8) is 0 Å². The van der Waals surface area contributed by atoms with Gasteiger partial charge in [-0.15, -0.1) is 11.8 Å². The van der Waals surface area contributed by atoms with Gasteiger partial charge in [-0.25, -0.2) is 0 Å². The smallest absolute Gasteiger partial charge is 0.182 e. The Bertz CT molecular complexity index is 713. The number of ketones is 1. The van der Waals surface area contributed by atoms with Crippen molar-refractivity contribution in [1.82, 2.24) is 0 Å². The summed E-state index contributed by atoms with van der Waals surface area (Å²) in [5.74, 6) is 1.13. The summed E-state index contributed by atoms with van der Waals surface area (Å²) in [6, 6.07) is 11.3. The summed E-state index contributed by atoms with van der Waals surface area (Å²) < 4.78 is 5.10. The van der Waals surface area contributed by atoms with Crippen LogP contribution in [0.1, 0.15) is 10.4 Å². The molecule has 0 saturated heterocycles. The van der Waals surface area contributed by atoms with Crippen molar-refractivity contribution in [2.75, 3.05) is 24.4 Å². The molecule has 2 aromatic rings. The fourth-order valence-electron chi connectivity index (χ4n) is 2.37. The van der Waals surface area contributed by atoms with Crippen LogP contribution in [0, 0.1) is 0 Å². The van der Waals surface area contributed by atoms with E-state index in [0.29, 0.717) is 27.9 Å². The normalized spacial score (nSPS) is 13.1. The van der Waals surface area contributed by atoms with Gasteiger partial charge in [-0.05, 0) is 24.3 Å². The van der Waals surface area contributed by atoms with Crippen molar-refractivity contribution in [3.8, 4) is 5.75 Å². The third-order valence-electron chi connectivity index (χ3n) is 3.44. The van der Waals surface area contributed by atoms with Crippen LogP contribution in [0.25, 0.3) is 0 Å². The van der Waals surface area contributed by atoms with Gasteiger partial charge >= 0.3 is 0 Å². The number of methoxy groups -OCH3 is 1. The van der Waals surface area contributed by atoms with Gasteiger partial charge in [0.25, 0.3) is 0 Å². The van der Waals surface area contributed by atoms with Gasteiger partial charge in [0.1, 0.15) is 0 Å². The largest absolute Gasteiger partial charge is 0.494 e. The molecule has 0 aromatic heterocycles. The first kappa shape index (κ1) is 15.5. The summed E-state index contributed by atoms with van der Waals surface area (Å²) in [5.41, 5.74) is 1.58. The number of hydrogen-bond acceptors (Lipinski definition) is 4. The molecule has 2 aromatic carbocycles. The Balaban J connectivity index is 1.82. The number of halogens is 2. The average molecular weight is 354 g/mol. The topological polar surface area (TPSA) is 29.5 Å². The van der Waals surface area contributed by atoms with Crippen LogP contribution in [0.4, 0.5) is 5.69 Å². The van der Waals surface area contributed by atoms with Crippen molar-refractivity contribution >= 4 is 46.4 Å². The lowest BCUT2D eigenvalue weighted by Crippen LogP contribution is -2.27. The van der Waals surface area contributed by atoms with E-state index in [9.17, 15) is 4.79 Å². The van der Waals surface area contributed by atoms with Crippen LogP contribution in [-0.4, -0.2) is 25.3 Å². The second-order valence-corrected chi connectivity index (χ2v) is 6.64. The molecule has 0 radical (unpaired) electrons. The molecule has 0 fully saturated rings. The van der Waals surface area contributed by atoms with E-state index in [1.807, 2.05) is 23.1 Å². The number of fused-ring (bicyclic) bond motifs is 1. The first-order valence-corrected chi connectivity index (χ1v) is 8.37. The van der Waals surface area contributed by atoms with Crippen LogP contribution in [-0.2, 0) is 0 Å². The number of benzene rings is 2.